The average Bonchev–Trinajstić information content (AvgIpc) is 2.46. The van der Waals surface area contributed by atoms with Gasteiger partial charge in [-0.05, 0) is 55.0 Å². The number of rotatable bonds is 4. The maximum atomic E-state index is 6.17. The third-order valence-electron chi connectivity index (χ3n) is 4.34. The Labute approximate surface area is 131 Å². The van der Waals surface area contributed by atoms with Gasteiger partial charge < -0.3 is 10.1 Å². The van der Waals surface area contributed by atoms with Crippen molar-refractivity contribution in [3.63, 3.8) is 0 Å². The number of anilines is 1. The normalized spacial score (nSPS) is 20.7. The first-order valence-corrected chi connectivity index (χ1v) is 7.71. The van der Waals surface area contributed by atoms with Crippen LogP contribution < -0.4 is 10.1 Å². The molecule has 1 saturated carbocycles. The lowest BCUT2D eigenvalue weighted by Crippen LogP contribution is -2.34. The molecule has 0 heterocycles. The molecule has 0 aliphatic heterocycles. The van der Waals surface area contributed by atoms with E-state index in [4.69, 9.17) is 16.3 Å². The summed E-state index contributed by atoms with van der Waals surface area (Å²) in [4.78, 5) is 0. The molecule has 1 aliphatic rings. The van der Waals surface area contributed by atoms with Crippen LogP contribution in [0.25, 0.3) is 0 Å². The monoisotopic (exact) mass is 301 g/mol. The van der Waals surface area contributed by atoms with Crippen LogP contribution in [0, 0.1) is 6.92 Å². The second-order valence-corrected chi connectivity index (χ2v) is 6.07. The van der Waals surface area contributed by atoms with Gasteiger partial charge in [0.25, 0.3) is 0 Å². The average molecular weight is 302 g/mol. The number of halogens is 1. The molecule has 1 aliphatic carbocycles. The Hall–Kier alpha value is -1.67. The standard InChI is InChI=1S/C18H20ClNO/c1-12-16(19)7-5-8-17(12)20-14-10-13(11-14)15-6-3-4-9-18(15)21-2/h3-9,13-14,20H,10-11H2,1-2H3. The number of nitrogens with one attached hydrogen (secondary N) is 1. The van der Waals surface area contributed by atoms with Gasteiger partial charge in [-0.1, -0.05) is 35.9 Å². The fourth-order valence-electron chi connectivity index (χ4n) is 2.98. The van der Waals surface area contributed by atoms with E-state index in [9.17, 15) is 0 Å². The van der Waals surface area contributed by atoms with Crippen molar-refractivity contribution in [2.45, 2.75) is 31.7 Å². The van der Waals surface area contributed by atoms with Crippen LogP contribution in [-0.2, 0) is 0 Å². The number of para-hydroxylation sites is 1. The lowest BCUT2D eigenvalue weighted by atomic mass is 9.75. The summed E-state index contributed by atoms with van der Waals surface area (Å²) in [6, 6.07) is 14.8. The quantitative estimate of drug-likeness (QED) is 0.856. The van der Waals surface area contributed by atoms with Crippen molar-refractivity contribution in [1.29, 1.82) is 0 Å². The molecule has 3 heteroatoms. The molecule has 0 spiro atoms. The Morgan fingerprint density at radius 1 is 1.10 bits per heavy atom. The highest BCUT2D eigenvalue weighted by Crippen LogP contribution is 2.42. The predicted octanol–water partition coefficient (Wildman–Crippen LogP) is 5.02. The molecule has 1 fully saturated rings. The molecule has 1 N–H and O–H groups in total. The molecule has 0 aromatic heterocycles. The van der Waals surface area contributed by atoms with Gasteiger partial charge >= 0.3 is 0 Å². The van der Waals surface area contributed by atoms with Crippen molar-refractivity contribution in [3.05, 3.63) is 58.6 Å². The van der Waals surface area contributed by atoms with Crippen LogP contribution in [0.15, 0.2) is 42.5 Å². The summed E-state index contributed by atoms with van der Waals surface area (Å²) in [5, 5.41) is 4.42. The van der Waals surface area contributed by atoms with Gasteiger partial charge in [-0.3, -0.25) is 0 Å². The number of hydrogen-bond acceptors (Lipinski definition) is 2. The molecular weight excluding hydrogens is 282 g/mol. The van der Waals surface area contributed by atoms with Crippen molar-refractivity contribution >= 4 is 17.3 Å². The molecule has 0 amide bonds. The molecule has 0 saturated heterocycles. The van der Waals surface area contributed by atoms with E-state index in [-0.39, 0.29) is 0 Å². The van der Waals surface area contributed by atoms with Crippen molar-refractivity contribution in [2.24, 2.45) is 0 Å². The fraction of sp³-hybridized carbons (Fsp3) is 0.333. The smallest absolute Gasteiger partial charge is 0.122 e. The van der Waals surface area contributed by atoms with Gasteiger partial charge in [-0.2, -0.15) is 0 Å². The number of hydrogen-bond donors (Lipinski definition) is 1. The Kier molecular flexibility index (Phi) is 4.07. The molecule has 21 heavy (non-hydrogen) atoms. The SMILES string of the molecule is COc1ccccc1C1CC(Nc2cccc(Cl)c2C)C1. The highest BCUT2D eigenvalue weighted by atomic mass is 35.5. The van der Waals surface area contributed by atoms with Crippen molar-refractivity contribution in [2.75, 3.05) is 12.4 Å². The highest BCUT2D eigenvalue weighted by molar-refractivity contribution is 6.31. The van der Waals surface area contributed by atoms with Crippen molar-refractivity contribution in [3.8, 4) is 5.75 Å². The van der Waals surface area contributed by atoms with Crippen LogP contribution in [-0.4, -0.2) is 13.2 Å². The van der Waals surface area contributed by atoms with Gasteiger partial charge in [-0.15, -0.1) is 0 Å². The maximum absolute atomic E-state index is 6.17. The Balaban J connectivity index is 1.65. The largest absolute Gasteiger partial charge is 0.496 e. The van der Waals surface area contributed by atoms with Gasteiger partial charge in [0, 0.05) is 16.8 Å². The molecule has 2 aromatic rings. The highest BCUT2D eigenvalue weighted by Gasteiger charge is 2.32. The number of ether oxygens (including phenoxy) is 1. The fourth-order valence-corrected chi connectivity index (χ4v) is 3.15. The first-order valence-electron chi connectivity index (χ1n) is 7.33. The summed E-state index contributed by atoms with van der Waals surface area (Å²) in [7, 11) is 1.74. The maximum Gasteiger partial charge on any atom is 0.122 e. The minimum absolute atomic E-state index is 0.511. The van der Waals surface area contributed by atoms with Crippen molar-refractivity contribution in [1.82, 2.24) is 0 Å². The number of methoxy groups -OCH3 is 1. The summed E-state index contributed by atoms with van der Waals surface area (Å²) < 4.78 is 5.45. The molecule has 0 radical (unpaired) electrons. The number of benzene rings is 2. The van der Waals surface area contributed by atoms with Gasteiger partial charge in [0.1, 0.15) is 5.75 Å². The van der Waals surface area contributed by atoms with E-state index in [2.05, 4.69) is 30.4 Å². The van der Waals surface area contributed by atoms with Gasteiger partial charge in [-0.25, -0.2) is 0 Å². The van der Waals surface area contributed by atoms with E-state index in [0.717, 1.165) is 34.9 Å². The zero-order valence-corrected chi connectivity index (χ0v) is 13.2. The molecule has 0 bridgehead atoms. The van der Waals surface area contributed by atoms with Gasteiger partial charge in [0.2, 0.25) is 0 Å². The molecule has 3 rings (SSSR count). The molecule has 0 unspecified atom stereocenters. The summed E-state index contributed by atoms with van der Waals surface area (Å²) in [6.07, 6.45) is 2.26. The zero-order chi connectivity index (χ0) is 14.8. The van der Waals surface area contributed by atoms with Crippen LogP contribution in [0.3, 0.4) is 0 Å². The minimum Gasteiger partial charge on any atom is -0.496 e. The van der Waals surface area contributed by atoms with Crippen LogP contribution >= 0.6 is 11.6 Å². The van der Waals surface area contributed by atoms with Crippen LogP contribution in [0.2, 0.25) is 5.02 Å². The van der Waals surface area contributed by atoms with Crippen LogP contribution in [0.4, 0.5) is 5.69 Å². The van der Waals surface area contributed by atoms with Crippen molar-refractivity contribution < 1.29 is 4.74 Å². The minimum atomic E-state index is 0.511. The molecule has 0 atom stereocenters. The lowest BCUT2D eigenvalue weighted by molar-refractivity contribution is 0.349. The molecule has 110 valence electrons. The summed E-state index contributed by atoms with van der Waals surface area (Å²) in [5.41, 5.74) is 3.59. The van der Waals surface area contributed by atoms with E-state index < -0.39 is 0 Å². The topological polar surface area (TPSA) is 21.3 Å². The molecular formula is C18H20ClNO. The third-order valence-corrected chi connectivity index (χ3v) is 4.75. The Morgan fingerprint density at radius 3 is 2.62 bits per heavy atom. The second kappa shape index (κ2) is 5.98. The van der Waals surface area contributed by atoms with E-state index in [1.807, 2.05) is 24.3 Å². The van der Waals surface area contributed by atoms with E-state index in [1.165, 1.54) is 5.56 Å². The summed E-state index contributed by atoms with van der Waals surface area (Å²) in [6.45, 7) is 2.06. The zero-order valence-electron chi connectivity index (χ0n) is 12.4. The molecule has 2 aromatic carbocycles. The second-order valence-electron chi connectivity index (χ2n) is 5.66. The molecule has 2 nitrogen and oxygen atoms in total. The van der Waals surface area contributed by atoms with Crippen LogP contribution in [0.5, 0.6) is 5.75 Å². The third kappa shape index (κ3) is 2.86. The van der Waals surface area contributed by atoms with E-state index in [1.54, 1.807) is 7.11 Å². The summed E-state index contributed by atoms with van der Waals surface area (Å²) >= 11 is 6.17. The summed E-state index contributed by atoms with van der Waals surface area (Å²) in [5.74, 6) is 1.58. The van der Waals surface area contributed by atoms with Gasteiger partial charge in [0.15, 0.2) is 0 Å². The van der Waals surface area contributed by atoms with Gasteiger partial charge in [0.05, 0.1) is 7.11 Å². The van der Waals surface area contributed by atoms with Crippen LogP contribution in [0.1, 0.15) is 29.9 Å². The Bertz CT molecular complexity index is 635. The first kappa shape index (κ1) is 14.3. The van der Waals surface area contributed by atoms with E-state index in [0.29, 0.717) is 12.0 Å². The predicted molar refractivity (Wildman–Crippen MR) is 88.6 cm³/mol. The lowest BCUT2D eigenvalue weighted by Gasteiger charge is -2.37. The Morgan fingerprint density at radius 2 is 1.86 bits per heavy atom. The van der Waals surface area contributed by atoms with E-state index >= 15 is 0 Å². The first-order chi connectivity index (χ1) is 10.2.